The molecular formula is C18H21N3O4. The van der Waals surface area contributed by atoms with Crippen LogP contribution in [0.25, 0.3) is 10.8 Å². The standard InChI is InChI=1S/C18H21N3O4/c1-21-17(23)14-10-6-5-9-13(14)16(20-21)18(24)25-11-15(22)19-12-7-3-2-4-8-12/h5-6,9-10,12H,2-4,7-8,11H2,1H3,(H,19,22). The number of amides is 1. The fourth-order valence-electron chi connectivity index (χ4n) is 3.17. The summed E-state index contributed by atoms with van der Waals surface area (Å²) in [6.45, 7) is -0.353. The SMILES string of the molecule is Cn1nc(C(=O)OCC(=O)NC2CCCCC2)c2ccccc2c1=O. The van der Waals surface area contributed by atoms with Crippen molar-refractivity contribution in [2.75, 3.05) is 6.61 Å². The highest BCUT2D eigenvalue weighted by Crippen LogP contribution is 2.17. The highest BCUT2D eigenvalue weighted by atomic mass is 16.5. The normalized spacial score (nSPS) is 15.1. The average molecular weight is 343 g/mol. The number of nitrogens with one attached hydrogen (secondary N) is 1. The molecule has 132 valence electrons. The molecule has 1 heterocycles. The van der Waals surface area contributed by atoms with Crippen molar-refractivity contribution < 1.29 is 14.3 Å². The quantitative estimate of drug-likeness (QED) is 0.851. The van der Waals surface area contributed by atoms with Gasteiger partial charge in [0.1, 0.15) is 0 Å². The summed E-state index contributed by atoms with van der Waals surface area (Å²) in [4.78, 5) is 36.4. The first-order valence-corrected chi connectivity index (χ1v) is 8.49. The monoisotopic (exact) mass is 343 g/mol. The molecule has 1 amide bonds. The molecule has 1 saturated carbocycles. The minimum absolute atomic E-state index is 0.0307. The van der Waals surface area contributed by atoms with Crippen LogP contribution in [0.4, 0.5) is 0 Å². The molecule has 7 heteroatoms. The van der Waals surface area contributed by atoms with Crippen LogP contribution >= 0.6 is 0 Å². The van der Waals surface area contributed by atoms with Crippen LogP contribution in [0.1, 0.15) is 42.6 Å². The Kier molecular flexibility index (Phi) is 5.11. The Morgan fingerprint density at radius 2 is 1.88 bits per heavy atom. The van der Waals surface area contributed by atoms with E-state index in [-0.39, 0.29) is 29.8 Å². The van der Waals surface area contributed by atoms with Crippen molar-refractivity contribution in [3.05, 3.63) is 40.3 Å². The summed E-state index contributed by atoms with van der Waals surface area (Å²) in [5.74, 6) is -1.03. The number of nitrogens with zero attached hydrogens (tertiary/aromatic N) is 2. The smallest absolute Gasteiger partial charge is 0.359 e. The number of aryl methyl sites for hydroxylation is 1. The van der Waals surface area contributed by atoms with Gasteiger partial charge in [-0.1, -0.05) is 37.5 Å². The van der Waals surface area contributed by atoms with Crippen molar-refractivity contribution in [3.8, 4) is 0 Å². The topological polar surface area (TPSA) is 90.3 Å². The van der Waals surface area contributed by atoms with Gasteiger partial charge >= 0.3 is 5.97 Å². The zero-order valence-corrected chi connectivity index (χ0v) is 14.2. The summed E-state index contributed by atoms with van der Waals surface area (Å²) in [6, 6.07) is 6.87. The van der Waals surface area contributed by atoms with Crippen LogP contribution < -0.4 is 10.9 Å². The van der Waals surface area contributed by atoms with Crippen molar-refractivity contribution in [2.24, 2.45) is 7.05 Å². The van der Waals surface area contributed by atoms with Gasteiger partial charge in [0.2, 0.25) is 0 Å². The summed E-state index contributed by atoms with van der Waals surface area (Å²) in [7, 11) is 1.47. The van der Waals surface area contributed by atoms with Gasteiger partial charge in [0.25, 0.3) is 11.5 Å². The van der Waals surface area contributed by atoms with Gasteiger partial charge in [0.05, 0.1) is 5.39 Å². The molecule has 0 spiro atoms. The van der Waals surface area contributed by atoms with E-state index in [1.165, 1.54) is 13.5 Å². The van der Waals surface area contributed by atoms with Gasteiger partial charge < -0.3 is 10.1 Å². The number of rotatable bonds is 4. The van der Waals surface area contributed by atoms with Crippen molar-refractivity contribution in [3.63, 3.8) is 0 Å². The van der Waals surface area contributed by atoms with Crippen LogP contribution in [0.2, 0.25) is 0 Å². The zero-order chi connectivity index (χ0) is 17.8. The number of esters is 1. The highest BCUT2D eigenvalue weighted by Gasteiger charge is 2.20. The second-order valence-corrected chi connectivity index (χ2v) is 6.30. The molecule has 7 nitrogen and oxygen atoms in total. The van der Waals surface area contributed by atoms with Crippen molar-refractivity contribution in [1.29, 1.82) is 0 Å². The number of aromatic nitrogens is 2. The number of ether oxygens (including phenoxy) is 1. The second kappa shape index (κ2) is 7.46. The number of hydrogen-bond acceptors (Lipinski definition) is 5. The van der Waals surface area contributed by atoms with Crippen molar-refractivity contribution in [1.82, 2.24) is 15.1 Å². The van der Waals surface area contributed by atoms with E-state index in [4.69, 9.17) is 4.74 Å². The largest absolute Gasteiger partial charge is 0.451 e. The Hall–Kier alpha value is -2.70. The molecule has 0 saturated heterocycles. The van der Waals surface area contributed by atoms with Gasteiger partial charge in [-0.3, -0.25) is 9.59 Å². The molecule has 25 heavy (non-hydrogen) atoms. The molecule has 0 bridgehead atoms. The number of fused-ring (bicyclic) bond motifs is 1. The molecule has 0 radical (unpaired) electrons. The number of carbonyl (C=O) groups is 2. The fourth-order valence-corrected chi connectivity index (χ4v) is 3.17. The first kappa shape index (κ1) is 17.1. The van der Waals surface area contributed by atoms with E-state index >= 15 is 0 Å². The molecule has 1 N–H and O–H groups in total. The summed E-state index contributed by atoms with van der Waals surface area (Å²) >= 11 is 0. The van der Waals surface area contributed by atoms with Crippen LogP contribution in [0.3, 0.4) is 0 Å². The Morgan fingerprint density at radius 3 is 2.60 bits per heavy atom. The predicted octanol–water partition coefficient (Wildman–Crippen LogP) is 1.54. The van der Waals surface area contributed by atoms with Gasteiger partial charge in [0, 0.05) is 18.5 Å². The van der Waals surface area contributed by atoms with Crippen LogP contribution in [-0.4, -0.2) is 34.3 Å². The molecule has 1 aromatic heterocycles. The Balaban J connectivity index is 1.69. The van der Waals surface area contributed by atoms with Gasteiger partial charge in [0.15, 0.2) is 12.3 Å². The van der Waals surface area contributed by atoms with Gasteiger partial charge in [-0.25, -0.2) is 9.48 Å². The summed E-state index contributed by atoms with van der Waals surface area (Å²) in [5, 5.41) is 7.69. The minimum atomic E-state index is -0.717. The molecule has 0 unspecified atom stereocenters. The first-order valence-electron chi connectivity index (χ1n) is 8.49. The predicted molar refractivity (Wildman–Crippen MR) is 92.3 cm³/mol. The number of benzene rings is 1. The average Bonchev–Trinajstić information content (AvgIpc) is 2.63. The van der Waals surface area contributed by atoms with Crippen molar-refractivity contribution in [2.45, 2.75) is 38.1 Å². The van der Waals surface area contributed by atoms with Crippen LogP contribution in [-0.2, 0) is 16.6 Å². The lowest BCUT2D eigenvalue weighted by atomic mass is 9.95. The van der Waals surface area contributed by atoms with E-state index in [2.05, 4.69) is 10.4 Å². The summed E-state index contributed by atoms with van der Waals surface area (Å²) in [6.07, 6.45) is 5.35. The molecule has 2 aromatic rings. The van der Waals surface area contributed by atoms with E-state index in [9.17, 15) is 14.4 Å². The fraction of sp³-hybridized carbons (Fsp3) is 0.444. The number of hydrogen-bond donors (Lipinski definition) is 1. The summed E-state index contributed by atoms with van der Waals surface area (Å²) < 4.78 is 6.20. The van der Waals surface area contributed by atoms with Crippen LogP contribution in [0, 0.1) is 0 Å². The van der Waals surface area contributed by atoms with Gasteiger partial charge in [-0.2, -0.15) is 5.10 Å². The highest BCUT2D eigenvalue weighted by molar-refractivity contribution is 6.02. The van der Waals surface area contributed by atoms with E-state index in [0.29, 0.717) is 10.8 Å². The minimum Gasteiger partial charge on any atom is -0.451 e. The Morgan fingerprint density at radius 1 is 1.20 bits per heavy atom. The van der Waals surface area contributed by atoms with E-state index in [1.54, 1.807) is 24.3 Å². The van der Waals surface area contributed by atoms with Crippen LogP contribution in [0.15, 0.2) is 29.1 Å². The molecule has 1 aromatic carbocycles. The second-order valence-electron chi connectivity index (χ2n) is 6.30. The molecule has 1 fully saturated rings. The van der Waals surface area contributed by atoms with E-state index in [1.807, 2.05) is 0 Å². The lowest BCUT2D eigenvalue weighted by Crippen LogP contribution is -2.38. The third kappa shape index (κ3) is 3.87. The molecule has 0 aliphatic heterocycles. The van der Waals surface area contributed by atoms with Crippen LogP contribution in [0.5, 0.6) is 0 Å². The lowest BCUT2D eigenvalue weighted by molar-refractivity contribution is -0.125. The lowest BCUT2D eigenvalue weighted by Gasteiger charge is -2.22. The molecular weight excluding hydrogens is 322 g/mol. The maximum atomic E-state index is 12.3. The third-order valence-electron chi connectivity index (χ3n) is 4.45. The maximum Gasteiger partial charge on any atom is 0.359 e. The molecule has 1 aliphatic rings. The molecule has 3 rings (SSSR count). The molecule has 0 atom stereocenters. The Labute approximate surface area is 145 Å². The van der Waals surface area contributed by atoms with Crippen molar-refractivity contribution >= 4 is 22.6 Å². The Bertz CT molecular complexity index is 853. The molecule has 1 aliphatic carbocycles. The first-order chi connectivity index (χ1) is 12.1. The maximum absolute atomic E-state index is 12.3. The zero-order valence-electron chi connectivity index (χ0n) is 14.2. The summed E-state index contributed by atoms with van der Waals surface area (Å²) in [5.41, 5.74) is -0.259. The van der Waals surface area contributed by atoms with E-state index < -0.39 is 5.97 Å². The van der Waals surface area contributed by atoms with Gasteiger partial charge in [-0.05, 0) is 18.9 Å². The van der Waals surface area contributed by atoms with Gasteiger partial charge in [-0.15, -0.1) is 0 Å². The van der Waals surface area contributed by atoms with E-state index in [0.717, 1.165) is 30.4 Å². The number of carbonyl (C=O) groups excluding carboxylic acids is 2. The third-order valence-corrected chi connectivity index (χ3v) is 4.45.